The van der Waals surface area contributed by atoms with Crippen molar-refractivity contribution >= 4 is 7.05 Å². The molecule has 2 atom stereocenters. The van der Waals surface area contributed by atoms with Gasteiger partial charge in [0.25, 0.3) is 0 Å². The molecule has 2 aliphatic heterocycles. The molecule has 0 aliphatic carbocycles. The lowest BCUT2D eigenvalue weighted by atomic mass is 9.86. The second-order valence-corrected chi connectivity index (χ2v) is 3.39. The lowest BCUT2D eigenvalue weighted by Gasteiger charge is -2.15. The molecular weight excluding hydrogens is 125 g/mol. The summed E-state index contributed by atoms with van der Waals surface area (Å²) in [5.41, 5.74) is 0. The van der Waals surface area contributed by atoms with Crippen molar-refractivity contribution in [3.63, 3.8) is 0 Å². The Morgan fingerprint density at radius 2 is 2.40 bits per heavy atom. The maximum absolute atomic E-state index is 5.65. The predicted molar refractivity (Wildman–Crippen MR) is 41.9 cm³/mol. The Morgan fingerprint density at radius 3 is 3.10 bits per heavy atom. The number of fused-ring (bicyclic) bond motifs is 1. The smallest absolute Gasteiger partial charge is 0.379 e. The zero-order valence-electron chi connectivity index (χ0n) is 6.71. The second-order valence-electron chi connectivity index (χ2n) is 3.39. The fourth-order valence-electron chi connectivity index (χ4n) is 2.25. The quantitative estimate of drug-likeness (QED) is 0.464. The van der Waals surface area contributed by atoms with Gasteiger partial charge in [0.05, 0.1) is 6.10 Å². The molecule has 2 nitrogen and oxygen atoms in total. The summed E-state index contributed by atoms with van der Waals surface area (Å²) in [6.45, 7) is 5.59. The van der Waals surface area contributed by atoms with Crippen molar-refractivity contribution in [2.75, 3.05) is 6.54 Å². The molecule has 2 fully saturated rings. The van der Waals surface area contributed by atoms with E-state index in [1.165, 1.54) is 19.4 Å². The summed E-state index contributed by atoms with van der Waals surface area (Å²) < 4.78 is 5.65. The van der Waals surface area contributed by atoms with Gasteiger partial charge in [-0.3, -0.25) is 0 Å². The Bertz CT molecular complexity index is 128. The third kappa shape index (κ3) is 0.806. The van der Waals surface area contributed by atoms with E-state index in [0.29, 0.717) is 13.2 Å². The van der Waals surface area contributed by atoms with Crippen LogP contribution in [0.1, 0.15) is 19.8 Å². The molecule has 0 bridgehead atoms. The molecule has 0 spiro atoms. The minimum absolute atomic E-state index is 0.377. The van der Waals surface area contributed by atoms with Gasteiger partial charge in [0.1, 0.15) is 0 Å². The molecule has 2 aliphatic rings. The highest BCUT2D eigenvalue weighted by Gasteiger charge is 2.42. The Balaban J connectivity index is 2.11. The van der Waals surface area contributed by atoms with Gasteiger partial charge in [-0.05, 0) is 33.1 Å². The largest absolute Gasteiger partial charge is 0.417 e. The van der Waals surface area contributed by atoms with E-state index < -0.39 is 0 Å². The molecule has 2 heterocycles. The number of nitrogens with zero attached hydrogens (tertiary/aromatic N) is 1. The molecule has 0 amide bonds. The maximum atomic E-state index is 5.65. The van der Waals surface area contributed by atoms with Crippen LogP contribution in [0.4, 0.5) is 0 Å². The highest BCUT2D eigenvalue weighted by atomic mass is 16.5. The zero-order chi connectivity index (χ0) is 7.14. The van der Waals surface area contributed by atoms with Gasteiger partial charge in [0.15, 0.2) is 0 Å². The molecule has 2 saturated heterocycles. The van der Waals surface area contributed by atoms with Gasteiger partial charge in [-0.25, -0.2) is 0 Å². The van der Waals surface area contributed by atoms with Crippen molar-refractivity contribution in [3.8, 4) is 0 Å². The Labute approximate surface area is 62.7 Å². The minimum Gasteiger partial charge on any atom is -0.417 e. The summed E-state index contributed by atoms with van der Waals surface area (Å²) in [6, 6.07) is 0.731. The van der Waals surface area contributed by atoms with Crippen molar-refractivity contribution in [2.45, 2.75) is 38.7 Å². The van der Waals surface area contributed by atoms with E-state index >= 15 is 0 Å². The van der Waals surface area contributed by atoms with Gasteiger partial charge in [-0.2, -0.15) is 0 Å². The molecule has 0 aromatic heterocycles. The highest BCUT2D eigenvalue weighted by Crippen LogP contribution is 2.29. The van der Waals surface area contributed by atoms with Crippen LogP contribution in [0, 0.1) is 0 Å². The lowest BCUT2D eigenvalue weighted by molar-refractivity contribution is 0.223. The zero-order valence-corrected chi connectivity index (χ0v) is 6.71. The average Bonchev–Trinajstić information content (AvgIpc) is 2.39. The summed E-state index contributed by atoms with van der Waals surface area (Å²) in [5, 5.41) is 0. The first kappa shape index (κ1) is 6.68. The minimum atomic E-state index is 0.377. The van der Waals surface area contributed by atoms with E-state index in [1.807, 2.05) is 0 Å². The average molecular weight is 139 g/mol. The van der Waals surface area contributed by atoms with Crippen LogP contribution < -0.4 is 0 Å². The van der Waals surface area contributed by atoms with Crippen molar-refractivity contribution in [2.24, 2.45) is 0 Å². The molecule has 3 heteroatoms. The Kier molecular flexibility index (Phi) is 1.50. The molecule has 0 radical (unpaired) electrons. The fraction of sp³-hybridized carbons (Fsp3) is 1.00. The summed E-state index contributed by atoms with van der Waals surface area (Å²) >= 11 is 0. The maximum Gasteiger partial charge on any atom is 0.379 e. The molecule has 0 aromatic carbocycles. The van der Waals surface area contributed by atoms with Gasteiger partial charge in [0, 0.05) is 6.04 Å². The molecule has 2 rings (SSSR count). The molecule has 1 unspecified atom stereocenters. The lowest BCUT2D eigenvalue weighted by Crippen LogP contribution is -2.34. The van der Waals surface area contributed by atoms with Crippen LogP contribution in [0.25, 0.3) is 0 Å². The predicted octanol–water partition coefficient (Wildman–Crippen LogP) is 0.987. The van der Waals surface area contributed by atoms with Crippen LogP contribution in [0.5, 0.6) is 0 Å². The highest BCUT2D eigenvalue weighted by molar-refractivity contribution is 6.47. The van der Waals surface area contributed by atoms with Gasteiger partial charge in [-0.15, -0.1) is 0 Å². The summed E-state index contributed by atoms with van der Waals surface area (Å²) in [6.07, 6.45) is 3.17. The monoisotopic (exact) mass is 139 g/mol. The molecule has 10 heavy (non-hydrogen) atoms. The van der Waals surface area contributed by atoms with Crippen LogP contribution in [0.3, 0.4) is 0 Å². The number of rotatable bonds is 0. The van der Waals surface area contributed by atoms with Crippen molar-refractivity contribution in [1.82, 2.24) is 4.81 Å². The molecular formula is C7H14BNO. The fourth-order valence-corrected chi connectivity index (χ4v) is 2.25. The second kappa shape index (κ2) is 2.24. The van der Waals surface area contributed by atoms with Crippen LogP contribution in [0.15, 0.2) is 0 Å². The van der Waals surface area contributed by atoms with Gasteiger partial charge >= 0.3 is 7.05 Å². The van der Waals surface area contributed by atoms with Crippen molar-refractivity contribution in [1.29, 1.82) is 0 Å². The summed E-state index contributed by atoms with van der Waals surface area (Å²) in [5.74, 6) is 0. The van der Waals surface area contributed by atoms with Gasteiger partial charge in [0.2, 0.25) is 0 Å². The van der Waals surface area contributed by atoms with Crippen LogP contribution in [-0.2, 0) is 4.65 Å². The van der Waals surface area contributed by atoms with Gasteiger partial charge < -0.3 is 9.47 Å². The van der Waals surface area contributed by atoms with E-state index in [4.69, 9.17) is 4.65 Å². The van der Waals surface area contributed by atoms with Crippen LogP contribution in [-0.4, -0.2) is 30.6 Å². The SMILES string of the molecule is CB1OC(C)[C@@H]2CCCN12. The third-order valence-electron chi connectivity index (χ3n) is 2.76. The van der Waals surface area contributed by atoms with Gasteiger partial charge in [-0.1, -0.05) is 0 Å². The van der Waals surface area contributed by atoms with E-state index in [2.05, 4.69) is 18.6 Å². The first-order chi connectivity index (χ1) is 4.79. The van der Waals surface area contributed by atoms with E-state index in [1.54, 1.807) is 0 Å². The van der Waals surface area contributed by atoms with Crippen molar-refractivity contribution < 1.29 is 4.65 Å². The molecule has 56 valence electrons. The number of hydrogen-bond acceptors (Lipinski definition) is 2. The first-order valence-electron chi connectivity index (χ1n) is 4.20. The molecule has 0 N–H and O–H groups in total. The molecule has 0 saturated carbocycles. The third-order valence-corrected chi connectivity index (χ3v) is 2.76. The summed E-state index contributed by atoms with van der Waals surface area (Å²) in [4.78, 5) is 2.48. The van der Waals surface area contributed by atoms with Crippen LogP contribution in [0.2, 0.25) is 6.82 Å². The topological polar surface area (TPSA) is 12.5 Å². The van der Waals surface area contributed by atoms with E-state index in [9.17, 15) is 0 Å². The first-order valence-corrected chi connectivity index (χ1v) is 4.20. The van der Waals surface area contributed by atoms with E-state index in [0.717, 1.165) is 6.04 Å². The Hall–Kier alpha value is -0.0151. The van der Waals surface area contributed by atoms with E-state index in [-0.39, 0.29) is 0 Å². The standard InChI is InChI=1S/C7H14BNO/c1-6-7-4-3-5-9(7)8(2)10-6/h6-7H,3-5H2,1-2H3/t6?,7-/m0/s1. The van der Waals surface area contributed by atoms with Crippen molar-refractivity contribution in [3.05, 3.63) is 0 Å². The normalized spacial score (nSPS) is 40.8. The molecule has 0 aromatic rings. The Morgan fingerprint density at radius 1 is 1.60 bits per heavy atom. The van der Waals surface area contributed by atoms with Crippen LogP contribution >= 0.6 is 0 Å². The summed E-state index contributed by atoms with van der Waals surface area (Å²) in [7, 11) is 0.377. The number of hydrogen-bond donors (Lipinski definition) is 0.